The normalized spacial score (nSPS) is 34.6. The molecule has 56 valence electrons. The number of ether oxygens (including phenoxy) is 1. The lowest BCUT2D eigenvalue weighted by molar-refractivity contribution is -0.138. The SMILES string of the molecule is O=C(O)[C@@H]1OC12CCCC2. The van der Waals surface area contributed by atoms with Gasteiger partial charge in [0.2, 0.25) is 0 Å². The number of epoxide rings is 1. The van der Waals surface area contributed by atoms with Gasteiger partial charge in [-0.2, -0.15) is 0 Å². The minimum Gasteiger partial charge on any atom is -0.479 e. The molecule has 1 N–H and O–H groups in total. The van der Waals surface area contributed by atoms with Gasteiger partial charge in [0, 0.05) is 0 Å². The largest absolute Gasteiger partial charge is 0.479 e. The zero-order valence-corrected chi connectivity index (χ0v) is 5.67. The Morgan fingerprint density at radius 1 is 1.50 bits per heavy atom. The van der Waals surface area contributed by atoms with Gasteiger partial charge in [0.15, 0.2) is 6.10 Å². The third kappa shape index (κ3) is 0.669. The molecule has 1 heterocycles. The van der Waals surface area contributed by atoms with Gasteiger partial charge in [-0.05, 0) is 12.8 Å². The average molecular weight is 142 g/mol. The van der Waals surface area contributed by atoms with Gasteiger partial charge < -0.3 is 9.84 Å². The Morgan fingerprint density at radius 3 is 2.50 bits per heavy atom. The fourth-order valence-electron chi connectivity index (χ4n) is 1.83. The summed E-state index contributed by atoms with van der Waals surface area (Å²) >= 11 is 0. The molecule has 1 aliphatic heterocycles. The fraction of sp³-hybridized carbons (Fsp3) is 0.857. The van der Waals surface area contributed by atoms with Gasteiger partial charge in [0.25, 0.3) is 0 Å². The minimum atomic E-state index is -0.790. The highest BCUT2D eigenvalue weighted by Gasteiger charge is 2.61. The predicted molar refractivity (Wildman–Crippen MR) is 33.7 cm³/mol. The van der Waals surface area contributed by atoms with Crippen LogP contribution in [0.3, 0.4) is 0 Å². The van der Waals surface area contributed by atoms with Crippen molar-refractivity contribution < 1.29 is 14.6 Å². The van der Waals surface area contributed by atoms with Crippen molar-refractivity contribution in [3.05, 3.63) is 0 Å². The van der Waals surface area contributed by atoms with E-state index < -0.39 is 12.1 Å². The maximum atomic E-state index is 10.4. The Labute approximate surface area is 59.0 Å². The molecule has 1 saturated carbocycles. The Morgan fingerprint density at radius 2 is 2.10 bits per heavy atom. The summed E-state index contributed by atoms with van der Waals surface area (Å²) in [4.78, 5) is 10.4. The Balaban J connectivity index is 2.04. The molecule has 0 aromatic heterocycles. The van der Waals surface area contributed by atoms with E-state index in [2.05, 4.69) is 0 Å². The van der Waals surface area contributed by atoms with Crippen LogP contribution in [0.5, 0.6) is 0 Å². The van der Waals surface area contributed by atoms with Crippen LogP contribution in [0.15, 0.2) is 0 Å². The molecule has 2 fully saturated rings. The van der Waals surface area contributed by atoms with E-state index in [1.807, 2.05) is 0 Å². The summed E-state index contributed by atoms with van der Waals surface area (Å²) in [6.07, 6.45) is 3.68. The summed E-state index contributed by atoms with van der Waals surface area (Å²) in [5.41, 5.74) is -0.216. The van der Waals surface area contributed by atoms with E-state index in [9.17, 15) is 4.79 Å². The Hall–Kier alpha value is -0.570. The number of carboxylic acids is 1. The Bertz CT molecular complexity index is 170. The number of carboxylic acid groups (broad SMARTS) is 1. The smallest absolute Gasteiger partial charge is 0.335 e. The molecule has 1 saturated heterocycles. The average Bonchev–Trinajstić information content (AvgIpc) is 2.32. The maximum Gasteiger partial charge on any atom is 0.335 e. The van der Waals surface area contributed by atoms with Crippen molar-refractivity contribution >= 4 is 5.97 Å². The molecule has 0 aromatic carbocycles. The van der Waals surface area contributed by atoms with Crippen molar-refractivity contribution in [2.24, 2.45) is 0 Å². The lowest BCUT2D eigenvalue weighted by Crippen LogP contribution is -2.16. The zero-order chi connectivity index (χ0) is 7.19. The van der Waals surface area contributed by atoms with E-state index >= 15 is 0 Å². The van der Waals surface area contributed by atoms with Crippen molar-refractivity contribution in [3.8, 4) is 0 Å². The van der Waals surface area contributed by atoms with Crippen molar-refractivity contribution in [1.82, 2.24) is 0 Å². The minimum absolute atomic E-state index is 0.216. The van der Waals surface area contributed by atoms with Crippen LogP contribution in [-0.4, -0.2) is 22.8 Å². The first-order valence-electron chi connectivity index (χ1n) is 3.65. The molecule has 2 rings (SSSR count). The number of rotatable bonds is 1. The molecule has 0 bridgehead atoms. The molecule has 2 aliphatic rings. The van der Waals surface area contributed by atoms with Crippen molar-refractivity contribution in [1.29, 1.82) is 0 Å². The van der Waals surface area contributed by atoms with Gasteiger partial charge in [-0.25, -0.2) is 4.79 Å². The number of aliphatic carboxylic acids is 1. The van der Waals surface area contributed by atoms with Crippen LogP contribution in [0, 0.1) is 0 Å². The summed E-state index contributed by atoms with van der Waals surface area (Å²) in [6.45, 7) is 0. The van der Waals surface area contributed by atoms with Gasteiger partial charge in [-0.3, -0.25) is 0 Å². The maximum absolute atomic E-state index is 10.4. The molecule has 1 atom stereocenters. The molecular weight excluding hydrogens is 132 g/mol. The topological polar surface area (TPSA) is 49.8 Å². The predicted octanol–water partition coefficient (Wildman–Crippen LogP) is 0.783. The van der Waals surface area contributed by atoms with Crippen molar-refractivity contribution in [2.75, 3.05) is 0 Å². The van der Waals surface area contributed by atoms with Crippen molar-refractivity contribution in [3.63, 3.8) is 0 Å². The van der Waals surface area contributed by atoms with E-state index in [4.69, 9.17) is 9.84 Å². The summed E-state index contributed by atoms with van der Waals surface area (Å²) in [5, 5.41) is 8.55. The third-order valence-corrected chi connectivity index (χ3v) is 2.45. The summed E-state index contributed by atoms with van der Waals surface area (Å²) in [5.74, 6) is -0.790. The third-order valence-electron chi connectivity index (χ3n) is 2.45. The fourth-order valence-corrected chi connectivity index (χ4v) is 1.83. The monoisotopic (exact) mass is 142 g/mol. The quantitative estimate of drug-likeness (QED) is 0.550. The Kier molecular flexibility index (Phi) is 1.06. The van der Waals surface area contributed by atoms with Crippen LogP contribution < -0.4 is 0 Å². The van der Waals surface area contributed by atoms with E-state index in [-0.39, 0.29) is 5.60 Å². The lowest BCUT2D eigenvalue weighted by atomic mass is 10.0. The van der Waals surface area contributed by atoms with Crippen LogP contribution >= 0.6 is 0 Å². The second-order valence-electron chi connectivity index (χ2n) is 3.11. The van der Waals surface area contributed by atoms with Crippen molar-refractivity contribution in [2.45, 2.75) is 37.4 Å². The van der Waals surface area contributed by atoms with Crippen LogP contribution in [0.4, 0.5) is 0 Å². The van der Waals surface area contributed by atoms with Crippen LogP contribution in [0.1, 0.15) is 25.7 Å². The van der Waals surface area contributed by atoms with E-state index in [0.717, 1.165) is 25.7 Å². The second kappa shape index (κ2) is 1.72. The molecule has 3 nitrogen and oxygen atoms in total. The molecule has 10 heavy (non-hydrogen) atoms. The molecule has 0 aromatic rings. The summed E-state index contributed by atoms with van der Waals surface area (Å²) < 4.78 is 5.13. The van der Waals surface area contributed by atoms with E-state index in [1.54, 1.807) is 0 Å². The lowest BCUT2D eigenvalue weighted by Gasteiger charge is -1.96. The summed E-state index contributed by atoms with van der Waals surface area (Å²) in [7, 11) is 0. The molecule has 0 unspecified atom stereocenters. The first-order valence-corrected chi connectivity index (χ1v) is 3.65. The second-order valence-corrected chi connectivity index (χ2v) is 3.11. The molecule has 3 heteroatoms. The number of hydrogen-bond acceptors (Lipinski definition) is 2. The first-order chi connectivity index (χ1) is 4.75. The van der Waals surface area contributed by atoms with Gasteiger partial charge >= 0.3 is 5.97 Å². The standard InChI is InChI=1S/C7H10O3/c8-6(9)5-7(10-5)3-1-2-4-7/h5H,1-4H2,(H,8,9)/t5-/m0/s1. The number of carbonyl (C=O) groups is 1. The van der Waals surface area contributed by atoms with Gasteiger partial charge in [-0.15, -0.1) is 0 Å². The van der Waals surface area contributed by atoms with Crippen LogP contribution in [0.2, 0.25) is 0 Å². The van der Waals surface area contributed by atoms with E-state index in [1.165, 1.54) is 0 Å². The molecular formula is C7H10O3. The summed E-state index contributed by atoms with van der Waals surface area (Å²) in [6, 6.07) is 0. The molecule has 0 amide bonds. The van der Waals surface area contributed by atoms with E-state index in [0.29, 0.717) is 0 Å². The highest BCUT2D eigenvalue weighted by molar-refractivity contribution is 5.77. The van der Waals surface area contributed by atoms with Gasteiger partial charge in [0.05, 0.1) is 0 Å². The molecule has 1 spiro atoms. The zero-order valence-electron chi connectivity index (χ0n) is 5.67. The number of hydrogen-bond donors (Lipinski definition) is 1. The first kappa shape index (κ1) is 6.16. The highest BCUT2D eigenvalue weighted by Crippen LogP contribution is 2.49. The van der Waals surface area contributed by atoms with Crippen LogP contribution in [-0.2, 0) is 9.53 Å². The van der Waals surface area contributed by atoms with Crippen LogP contribution in [0.25, 0.3) is 0 Å². The van der Waals surface area contributed by atoms with Gasteiger partial charge in [-0.1, -0.05) is 12.8 Å². The highest BCUT2D eigenvalue weighted by atomic mass is 16.6. The van der Waals surface area contributed by atoms with Gasteiger partial charge in [0.1, 0.15) is 5.60 Å². The molecule has 0 radical (unpaired) electrons. The molecule has 1 aliphatic carbocycles.